The molecule has 0 saturated carbocycles. The molecule has 3 rings (SSSR count). The number of rotatable bonds is 2. The largest absolute Gasteiger partial charge is 0.506 e. The van der Waals surface area contributed by atoms with Gasteiger partial charge < -0.3 is 14.3 Å². The molecule has 4 heteroatoms. The Morgan fingerprint density at radius 2 is 1.90 bits per heavy atom. The van der Waals surface area contributed by atoms with Crippen molar-refractivity contribution in [3.63, 3.8) is 0 Å². The van der Waals surface area contributed by atoms with Crippen LogP contribution in [0.3, 0.4) is 0 Å². The van der Waals surface area contributed by atoms with E-state index in [1.54, 1.807) is 55.6 Å². The van der Waals surface area contributed by atoms with Crippen molar-refractivity contribution < 1.29 is 14.3 Å². The van der Waals surface area contributed by atoms with E-state index in [-0.39, 0.29) is 11.3 Å². The SMILES string of the molecule is COc1cccc(-c2c(O)c3ccccc3oc2=O)c1. The Morgan fingerprint density at radius 1 is 1.10 bits per heavy atom. The highest BCUT2D eigenvalue weighted by Gasteiger charge is 2.15. The van der Waals surface area contributed by atoms with Crippen LogP contribution in [0.2, 0.25) is 0 Å². The molecule has 0 fully saturated rings. The Hall–Kier alpha value is -2.75. The van der Waals surface area contributed by atoms with E-state index in [0.717, 1.165) is 0 Å². The van der Waals surface area contributed by atoms with E-state index in [4.69, 9.17) is 9.15 Å². The van der Waals surface area contributed by atoms with Crippen molar-refractivity contribution in [1.82, 2.24) is 0 Å². The molecule has 0 bridgehead atoms. The van der Waals surface area contributed by atoms with Crippen LogP contribution in [0, 0.1) is 0 Å². The van der Waals surface area contributed by atoms with Crippen LogP contribution in [0.15, 0.2) is 57.7 Å². The second-order valence-corrected chi connectivity index (χ2v) is 4.34. The summed E-state index contributed by atoms with van der Waals surface area (Å²) in [5, 5.41) is 10.9. The fourth-order valence-corrected chi connectivity index (χ4v) is 2.17. The van der Waals surface area contributed by atoms with Gasteiger partial charge in [0.15, 0.2) is 0 Å². The number of para-hydroxylation sites is 1. The minimum absolute atomic E-state index is 0.0786. The van der Waals surface area contributed by atoms with Crippen LogP contribution >= 0.6 is 0 Å². The molecule has 3 aromatic rings. The van der Waals surface area contributed by atoms with Crippen LogP contribution in [0.4, 0.5) is 0 Å². The molecular weight excluding hydrogens is 256 g/mol. The molecule has 0 amide bonds. The van der Waals surface area contributed by atoms with E-state index in [1.807, 2.05) is 0 Å². The molecule has 0 spiro atoms. The summed E-state index contributed by atoms with van der Waals surface area (Å²) in [5.74, 6) is 0.527. The highest BCUT2D eigenvalue weighted by Crippen LogP contribution is 2.33. The van der Waals surface area contributed by atoms with Crippen molar-refractivity contribution in [2.24, 2.45) is 0 Å². The van der Waals surface area contributed by atoms with Crippen LogP contribution in [0.1, 0.15) is 0 Å². The van der Waals surface area contributed by atoms with E-state index < -0.39 is 5.63 Å². The fraction of sp³-hybridized carbons (Fsp3) is 0.0625. The minimum atomic E-state index is -0.575. The summed E-state index contributed by atoms with van der Waals surface area (Å²) < 4.78 is 10.4. The number of hydrogen-bond acceptors (Lipinski definition) is 4. The molecule has 0 radical (unpaired) electrons. The molecular formula is C16H12O4. The van der Waals surface area contributed by atoms with Gasteiger partial charge >= 0.3 is 5.63 Å². The number of hydrogen-bond donors (Lipinski definition) is 1. The van der Waals surface area contributed by atoms with E-state index in [1.165, 1.54) is 0 Å². The number of benzene rings is 2. The minimum Gasteiger partial charge on any atom is -0.506 e. The first-order chi connectivity index (χ1) is 9.70. The first kappa shape index (κ1) is 12.3. The summed E-state index contributed by atoms with van der Waals surface area (Å²) in [6.07, 6.45) is 0. The Kier molecular flexibility index (Phi) is 2.91. The summed E-state index contributed by atoms with van der Waals surface area (Å²) >= 11 is 0. The van der Waals surface area contributed by atoms with Gasteiger partial charge in [-0.05, 0) is 29.8 Å². The highest BCUT2D eigenvalue weighted by atomic mass is 16.5. The Morgan fingerprint density at radius 3 is 2.70 bits per heavy atom. The molecule has 1 N–H and O–H groups in total. The third-order valence-corrected chi connectivity index (χ3v) is 3.14. The average Bonchev–Trinajstić information content (AvgIpc) is 2.47. The molecule has 100 valence electrons. The van der Waals surface area contributed by atoms with Gasteiger partial charge in [-0.15, -0.1) is 0 Å². The molecule has 0 atom stereocenters. The molecule has 4 nitrogen and oxygen atoms in total. The zero-order valence-electron chi connectivity index (χ0n) is 10.8. The number of fused-ring (bicyclic) bond motifs is 1. The molecule has 1 heterocycles. The predicted octanol–water partition coefficient (Wildman–Crippen LogP) is 3.17. The van der Waals surface area contributed by atoms with Gasteiger partial charge in [0.25, 0.3) is 0 Å². The lowest BCUT2D eigenvalue weighted by Gasteiger charge is -2.07. The lowest BCUT2D eigenvalue weighted by atomic mass is 10.0. The molecule has 20 heavy (non-hydrogen) atoms. The maximum absolute atomic E-state index is 12.1. The van der Waals surface area contributed by atoms with Gasteiger partial charge in [0.05, 0.1) is 12.5 Å². The summed E-state index contributed by atoms with van der Waals surface area (Å²) in [7, 11) is 1.54. The van der Waals surface area contributed by atoms with E-state index >= 15 is 0 Å². The van der Waals surface area contributed by atoms with Crippen molar-refractivity contribution in [2.45, 2.75) is 0 Å². The lowest BCUT2D eigenvalue weighted by molar-refractivity contribution is 0.415. The summed E-state index contributed by atoms with van der Waals surface area (Å²) in [6, 6.07) is 13.8. The Bertz CT molecular complexity index is 833. The Balaban J connectivity index is 2.33. The monoisotopic (exact) mass is 268 g/mol. The van der Waals surface area contributed by atoms with Crippen molar-refractivity contribution in [1.29, 1.82) is 0 Å². The van der Waals surface area contributed by atoms with E-state index in [2.05, 4.69) is 0 Å². The van der Waals surface area contributed by atoms with Crippen molar-refractivity contribution in [3.05, 3.63) is 59.0 Å². The highest BCUT2D eigenvalue weighted by molar-refractivity contribution is 5.90. The topological polar surface area (TPSA) is 59.7 Å². The van der Waals surface area contributed by atoms with Crippen LogP contribution in [-0.4, -0.2) is 12.2 Å². The number of ether oxygens (including phenoxy) is 1. The quantitative estimate of drug-likeness (QED) is 0.725. The van der Waals surface area contributed by atoms with Crippen LogP contribution in [-0.2, 0) is 0 Å². The second kappa shape index (κ2) is 4.74. The molecule has 0 aliphatic heterocycles. The van der Waals surface area contributed by atoms with Gasteiger partial charge in [-0.1, -0.05) is 24.3 Å². The predicted molar refractivity (Wildman–Crippen MR) is 76.1 cm³/mol. The Labute approximate surface area is 114 Å². The smallest absolute Gasteiger partial charge is 0.347 e. The molecule has 0 unspecified atom stereocenters. The normalized spacial score (nSPS) is 10.7. The van der Waals surface area contributed by atoms with Crippen LogP contribution in [0.5, 0.6) is 11.5 Å². The molecule has 0 saturated heterocycles. The van der Waals surface area contributed by atoms with Crippen molar-refractivity contribution in [3.8, 4) is 22.6 Å². The van der Waals surface area contributed by atoms with Gasteiger partial charge in [-0.2, -0.15) is 0 Å². The molecule has 2 aromatic carbocycles. The zero-order chi connectivity index (χ0) is 14.1. The van der Waals surface area contributed by atoms with Crippen LogP contribution in [0.25, 0.3) is 22.1 Å². The average molecular weight is 268 g/mol. The summed E-state index contributed by atoms with van der Waals surface area (Å²) in [5.41, 5.74) is 0.486. The first-order valence-electron chi connectivity index (χ1n) is 6.10. The van der Waals surface area contributed by atoms with Crippen molar-refractivity contribution in [2.75, 3.05) is 7.11 Å². The van der Waals surface area contributed by atoms with Gasteiger partial charge in [0, 0.05) is 0 Å². The van der Waals surface area contributed by atoms with Gasteiger partial charge in [-0.3, -0.25) is 0 Å². The van der Waals surface area contributed by atoms with Gasteiger partial charge in [0.1, 0.15) is 22.6 Å². The standard InChI is InChI=1S/C16H12O4/c1-19-11-6-4-5-10(9-11)14-15(17)12-7-2-3-8-13(12)20-16(14)18/h2-9,17H,1H3. The second-order valence-electron chi connectivity index (χ2n) is 4.34. The maximum atomic E-state index is 12.1. The maximum Gasteiger partial charge on any atom is 0.347 e. The molecule has 0 aliphatic carbocycles. The van der Waals surface area contributed by atoms with E-state index in [0.29, 0.717) is 22.3 Å². The van der Waals surface area contributed by atoms with Crippen molar-refractivity contribution >= 4 is 11.0 Å². The lowest BCUT2D eigenvalue weighted by Crippen LogP contribution is -2.03. The van der Waals surface area contributed by atoms with Gasteiger partial charge in [0.2, 0.25) is 0 Å². The fourth-order valence-electron chi connectivity index (χ4n) is 2.17. The third kappa shape index (κ3) is 1.91. The first-order valence-corrected chi connectivity index (χ1v) is 6.10. The molecule has 1 aromatic heterocycles. The summed E-state index contributed by atoms with van der Waals surface area (Å²) in [4.78, 5) is 12.1. The van der Waals surface area contributed by atoms with Crippen LogP contribution < -0.4 is 10.4 Å². The van der Waals surface area contributed by atoms with E-state index in [9.17, 15) is 9.90 Å². The third-order valence-electron chi connectivity index (χ3n) is 3.14. The number of methoxy groups -OCH3 is 1. The molecule has 0 aliphatic rings. The van der Waals surface area contributed by atoms with Gasteiger partial charge in [-0.25, -0.2) is 4.79 Å². The summed E-state index contributed by atoms with van der Waals surface area (Å²) in [6.45, 7) is 0. The number of aromatic hydroxyl groups is 1. The zero-order valence-corrected chi connectivity index (χ0v) is 10.8.